The van der Waals surface area contributed by atoms with Crippen molar-refractivity contribution in [2.75, 3.05) is 0 Å². The highest BCUT2D eigenvalue weighted by molar-refractivity contribution is 6.34. The molecule has 0 spiro atoms. The maximum Gasteiger partial charge on any atom is 0.0489 e. The Labute approximate surface area is 119 Å². The average Bonchev–Trinajstić information content (AvgIpc) is 2.58. The van der Waals surface area contributed by atoms with E-state index in [4.69, 9.17) is 29.0 Å². The minimum absolute atomic E-state index is 0.152. The number of nitrogens with one attached hydrogen (secondary N) is 1. The van der Waals surface area contributed by atoms with Crippen LogP contribution in [0.4, 0.5) is 0 Å². The Morgan fingerprint density at radius 3 is 2.06 bits per heavy atom. The van der Waals surface area contributed by atoms with Gasteiger partial charge in [0.2, 0.25) is 0 Å². The summed E-state index contributed by atoms with van der Waals surface area (Å²) in [5, 5.41) is 1.35. The third-order valence-corrected chi connectivity index (χ3v) is 4.23. The molecular formula is C14H20Cl2N2. The van der Waals surface area contributed by atoms with Gasteiger partial charge in [0.1, 0.15) is 0 Å². The molecule has 0 heterocycles. The van der Waals surface area contributed by atoms with E-state index < -0.39 is 0 Å². The number of benzene rings is 1. The summed E-state index contributed by atoms with van der Waals surface area (Å²) < 4.78 is 0. The maximum absolute atomic E-state index is 6.07. The van der Waals surface area contributed by atoms with Gasteiger partial charge in [-0.3, -0.25) is 11.3 Å². The summed E-state index contributed by atoms with van der Waals surface area (Å²) in [6, 6.07) is 5.83. The molecule has 4 heteroatoms. The highest BCUT2D eigenvalue weighted by Gasteiger charge is 2.23. The third kappa shape index (κ3) is 3.61. The van der Waals surface area contributed by atoms with Crippen LogP contribution in [0.25, 0.3) is 0 Å². The smallest absolute Gasteiger partial charge is 0.0489 e. The fourth-order valence-corrected chi connectivity index (χ4v) is 3.45. The average molecular weight is 287 g/mol. The topological polar surface area (TPSA) is 38.0 Å². The van der Waals surface area contributed by atoms with Crippen LogP contribution in [0.1, 0.15) is 50.1 Å². The molecule has 1 aliphatic rings. The largest absolute Gasteiger partial charge is 0.271 e. The van der Waals surface area contributed by atoms with E-state index in [1.54, 1.807) is 6.07 Å². The predicted molar refractivity (Wildman–Crippen MR) is 77.7 cm³/mol. The van der Waals surface area contributed by atoms with Gasteiger partial charge in [-0.1, -0.05) is 48.9 Å². The summed E-state index contributed by atoms with van der Waals surface area (Å²) in [6.07, 6.45) is 7.69. The Bertz CT molecular complexity index is 367. The molecule has 1 saturated carbocycles. The number of hydrogen-bond donors (Lipinski definition) is 2. The van der Waals surface area contributed by atoms with Crippen molar-refractivity contribution in [3.63, 3.8) is 0 Å². The van der Waals surface area contributed by atoms with Gasteiger partial charge in [-0.2, -0.15) is 0 Å². The van der Waals surface area contributed by atoms with Crippen molar-refractivity contribution in [1.29, 1.82) is 0 Å². The summed E-state index contributed by atoms with van der Waals surface area (Å²) in [6.45, 7) is 0. The first kappa shape index (κ1) is 14.1. The molecule has 100 valence electrons. The molecule has 1 aromatic carbocycles. The van der Waals surface area contributed by atoms with E-state index >= 15 is 0 Å². The van der Waals surface area contributed by atoms with Crippen LogP contribution in [-0.4, -0.2) is 0 Å². The first-order valence-electron chi connectivity index (χ1n) is 6.63. The lowest BCUT2D eigenvalue weighted by atomic mass is 9.87. The lowest BCUT2D eigenvalue weighted by molar-refractivity contribution is 0.329. The first-order chi connectivity index (χ1) is 8.70. The molecule has 0 radical (unpaired) electrons. The van der Waals surface area contributed by atoms with Crippen molar-refractivity contribution in [3.05, 3.63) is 33.8 Å². The zero-order chi connectivity index (χ0) is 13.0. The number of rotatable bonds is 3. The molecule has 1 fully saturated rings. The van der Waals surface area contributed by atoms with Crippen LogP contribution >= 0.6 is 23.2 Å². The molecule has 0 saturated heterocycles. The first-order valence-corrected chi connectivity index (χ1v) is 7.38. The molecule has 2 nitrogen and oxygen atoms in total. The Balaban J connectivity index is 2.20. The van der Waals surface area contributed by atoms with Gasteiger partial charge in [-0.05, 0) is 42.5 Å². The molecule has 1 unspecified atom stereocenters. The summed E-state index contributed by atoms with van der Waals surface area (Å²) in [4.78, 5) is 0. The molecule has 0 aliphatic heterocycles. The minimum atomic E-state index is 0.152. The highest BCUT2D eigenvalue weighted by atomic mass is 35.5. The monoisotopic (exact) mass is 286 g/mol. The molecule has 1 atom stereocenters. The Morgan fingerprint density at radius 1 is 1.00 bits per heavy atom. The van der Waals surface area contributed by atoms with Crippen LogP contribution in [-0.2, 0) is 0 Å². The van der Waals surface area contributed by atoms with E-state index in [1.165, 1.54) is 38.5 Å². The quantitative estimate of drug-likeness (QED) is 0.489. The van der Waals surface area contributed by atoms with E-state index in [-0.39, 0.29) is 6.04 Å². The van der Waals surface area contributed by atoms with Gasteiger partial charge in [-0.15, -0.1) is 0 Å². The van der Waals surface area contributed by atoms with Gasteiger partial charge < -0.3 is 0 Å². The normalized spacial score (nSPS) is 19.5. The molecule has 1 aromatic rings. The fourth-order valence-electron chi connectivity index (χ4n) is 2.90. The molecule has 2 rings (SSSR count). The maximum atomic E-state index is 6.07. The fraction of sp³-hybridized carbons (Fsp3) is 0.571. The van der Waals surface area contributed by atoms with Crippen LogP contribution in [0, 0.1) is 5.92 Å². The van der Waals surface area contributed by atoms with Gasteiger partial charge in [0.25, 0.3) is 0 Å². The molecule has 3 N–H and O–H groups in total. The second-order valence-electron chi connectivity index (χ2n) is 5.10. The van der Waals surface area contributed by atoms with Gasteiger partial charge in [0, 0.05) is 16.1 Å². The second kappa shape index (κ2) is 6.76. The van der Waals surface area contributed by atoms with Crippen LogP contribution < -0.4 is 11.3 Å². The Kier molecular flexibility index (Phi) is 5.31. The number of hydrogen-bond acceptors (Lipinski definition) is 2. The van der Waals surface area contributed by atoms with Gasteiger partial charge in [0.05, 0.1) is 0 Å². The van der Waals surface area contributed by atoms with Gasteiger partial charge in [-0.25, -0.2) is 0 Å². The summed E-state index contributed by atoms with van der Waals surface area (Å²) in [5.41, 5.74) is 4.05. The van der Waals surface area contributed by atoms with E-state index in [9.17, 15) is 0 Å². The van der Waals surface area contributed by atoms with Crippen LogP contribution in [0.5, 0.6) is 0 Å². The standard InChI is InChI=1S/C14H20Cl2N2/c15-12-7-11(8-13(16)9-12)14(18-17)10-5-3-1-2-4-6-10/h7-10,14,18H,1-6,17H2. The Morgan fingerprint density at radius 2 is 1.56 bits per heavy atom. The van der Waals surface area contributed by atoms with Crippen molar-refractivity contribution in [2.45, 2.75) is 44.6 Å². The minimum Gasteiger partial charge on any atom is -0.271 e. The van der Waals surface area contributed by atoms with Crippen molar-refractivity contribution >= 4 is 23.2 Å². The van der Waals surface area contributed by atoms with Crippen molar-refractivity contribution in [1.82, 2.24) is 5.43 Å². The van der Waals surface area contributed by atoms with E-state index in [2.05, 4.69) is 5.43 Å². The van der Waals surface area contributed by atoms with Gasteiger partial charge >= 0.3 is 0 Å². The zero-order valence-electron chi connectivity index (χ0n) is 10.5. The molecule has 0 amide bonds. The predicted octanol–water partition coefficient (Wildman–Crippen LogP) is 4.47. The molecule has 0 bridgehead atoms. The zero-order valence-corrected chi connectivity index (χ0v) is 12.0. The SMILES string of the molecule is NNC(c1cc(Cl)cc(Cl)c1)C1CCCCCC1. The molecule has 1 aliphatic carbocycles. The van der Waals surface area contributed by atoms with Gasteiger partial charge in [0.15, 0.2) is 0 Å². The highest BCUT2D eigenvalue weighted by Crippen LogP contribution is 2.35. The Hall–Kier alpha value is -0.280. The summed E-state index contributed by atoms with van der Waals surface area (Å²) >= 11 is 12.1. The molecular weight excluding hydrogens is 267 g/mol. The summed E-state index contributed by atoms with van der Waals surface area (Å²) in [5.74, 6) is 6.33. The van der Waals surface area contributed by atoms with Crippen molar-refractivity contribution in [3.8, 4) is 0 Å². The van der Waals surface area contributed by atoms with Crippen LogP contribution in [0.2, 0.25) is 10.0 Å². The van der Waals surface area contributed by atoms with E-state index in [0.29, 0.717) is 16.0 Å². The second-order valence-corrected chi connectivity index (χ2v) is 5.97. The van der Waals surface area contributed by atoms with Crippen LogP contribution in [0.15, 0.2) is 18.2 Å². The van der Waals surface area contributed by atoms with E-state index in [0.717, 1.165) is 5.56 Å². The third-order valence-electron chi connectivity index (χ3n) is 3.79. The molecule has 0 aromatic heterocycles. The lowest BCUT2D eigenvalue weighted by Crippen LogP contribution is -2.33. The number of hydrazine groups is 1. The van der Waals surface area contributed by atoms with Crippen LogP contribution in [0.3, 0.4) is 0 Å². The summed E-state index contributed by atoms with van der Waals surface area (Å²) in [7, 11) is 0. The van der Waals surface area contributed by atoms with Crippen molar-refractivity contribution in [2.24, 2.45) is 11.8 Å². The molecule has 18 heavy (non-hydrogen) atoms. The number of nitrogens with two attached hydrogens (primary N) is 1. The van der Waals surface area contributed by atoms with E-state index in [1.807, 2.05) is 12.1 Å². The lowest BCUT2D eigenvalue weighted by Gasteiger charge is -2.26. The number of halogens is 2. The van der Waals surface area contributed by atoms with Crippen molar-refractivity contribution < 1.29 is 0 Å².